The largest absolute Gasteiger partial charge is 0.490 e. The van der Waals surface area contributed by atoms with Crippen molar-refractivity contribution in [1.29, 1.82) is 0 Å². The van der Waals surface area contributed by atoms with Gasteiger partial charge < -0.3 is 10.1 Å². The van der Waals surface area contributed by atoms with E-state index in [0.717, 1.165) is 12.5 Å². The van der Waals surface area contributed by atoms with Gasteiger partial charge in [0.05, 0.1) is 13.2 Å². The Morgan fingerprint density at radius 1 is 1.46 bits per heavy atom. The number of nitrogens with zero attached hydrogens (tertiary/aromatic N) is 2. The van der Waals surface area contributed by atoms with Gasteiger partial charge in [-0.2, -0.15) is 13.3 Å². The minimum atomic E-state index is -3.71. The number of halogens is 2. The van der Waals surface area contributed by atoms with Crippen LogP contribution in [0.15, 0.2) is 43.5 Å². The maximum absolute atomic E-state index is 14.2. The Balaban J connectivity index is 2.21. The van der Waals surface area contributed by atoms with Crippen molar-refractivity contribution in [2.24, 2.45) is 7.05 Å². The van der Waals surface area contributed by atoms with E-state index < -0.39 is 12.0 Å². The second kappa shape index (κ2) is 6.82. The highest BCUT2D eigenvalue weighted by Gasteiger charge is 2.46. The fraction of sp³-hybridized carbons (Fsp3) is 0.294. The summed E-state index contributed by atoms with van der Waals surface area (Å²) in [6.07, 6.45) is 5.19. The summed E-state index contributed by atoms with van der Waals surface area (Å²) in [6.45, 7) is 7.42. The molecule has 0 unspecified atom stereocenters. The number of nitrogens with one attached hydrogen (secondary N) is 1. The maximum Gasteiger partial charge on any atom is 0.480 e. The lowest BCUT2D eigenvalue weighted by Crippen LogP contribution is -2.38. The first-order chi connectivity index (χ1) is 11.2. The predicted octanol–water partition coefficient (Wildman–Crippen LogP) is 2.93. The van der Waals surface area contributed by atoms with Crippen LogP contribution in [-0.2, 0) is 17.9 Å². The number of aryl methyl sites for hydroxylation is 1. The minimum Gasteiger partial charge on any atom is -0.490 e. The molecule has 24 heavy (non-hydrogen) atoms. The molecule has 2 rings (SSSR count). The van der Waals surface area contributed by atoms with Gasteiger partial charge in [0.25, 0.3) is 0 Å². The first kappa shape index (κ1) is 17.7. The molecule has 1 N–H and O–H groups in total. The van der Waals surface area contributed by atoms with Gasteiger partial charge in [0.1, 0.15) is 18.1 Å². The SMILES string of the molecule is C=Cc1cc(NC(=O)C(F)(F)n2cc[n+](C)c2)ccc1OC(C)C. The Kier molecular flexibility index (Phi) is 5.02. The van der Waals surface area contributed by atoms with E-state index >= 15 is 0 Å². The predicted molar refractivity (Wildman–Crippen MR) is 86.7 cm³/mol. The summed E-state index contributed by atoms with van der Waals surface area (Å²) in [7, 11) is 1.59. The zero-order chi connectivity index (χ0) is 17.9. The summed E-state index contributed by atoms with van der Waals surface area (Å²) < 4.78 is 35.9. The van der Waals surface area contributed by atoms with E-state index in [-0.39, 0.29) is 11.8 Å². The molecule has 0 atom stereocenters. The van der Waals surface area contributed by atoms with Gasteiger partial charge in [0.2, 0.25) is 6.33 Å². The number of benzene rings is 1. The van der Waals surface area contributed by atoms with Crippen molar-refractivity contribution in [3.63, 3.8) is 0 Å². The molecule has 0 aliphatic carbocycles. The van der Waals surface area contributed by atoms with Crippen molar-refractivity contribution in [2.75, 3.05) is 5.32 Å². The number of rotatable bonds is 6. The number of aromatic nitrogens is 2. The Morgan fingerprint density at radius 2 is 2.17 bits per heavy atom. The quantitative estimate of drug-likeness (QED) is 0.825. The van der Waals surface area contributed by atoms with Crippen LogP contribution in [0.25, 0.3) is 6.08 Å². The Hall–Kier alpha value is -2.70. The van der Waals surface area contributed by atoms with Crippen LogP contribution in [0.1, 0.15) is 19.4 Å². The molecule has 0 spiro atoms. The second-order valence-electron chi connectivity index (χ2n) is 5.61. The first-order valence-corrected chi connectivity index (χ1v) is 7.40. The normalized spacial score (nSPS) is 11.4. The molecule has 0 saturated carbocycles. The van der Waals surface area contributed by atoms with Crippen LogP contribution in [0.4, 0.5) is 14.5 Å². The number of hydrogen-bond donors (Lipinski definition) is 1. The second-order valence-corrected chi connectivity index (χ2v) is 5.61. The van der Waals surface area contributed by atoms with Crippen molar-refractivity contribution in [3.8, 4) is 5.75 Å². The van der Waals surface area contributed by atoms with Crippen molar-refractivity contribution in [1.82, 2.24) is 4.57 Å². The zero-order valence-electron chi connectivity index (χ0n) is 13.8. The van der Waals surface area contributed by atoms with Crippen LogP contribution in [0.2, 0.25) is 0 Å². The fourth-order valence-corrected chi connectivity index (χ4v) is 2.09. The molecule has 1 aromatic heterocycles. The molecule has 0 aliphatic rings. The third kappa shape index (κ3) is 3.79. The lowest BCUT2D eigenvalue weighted by atomic mass is 10.1. The van der Waals surface area contributed by atoms with Gasteiger partial charge in [0.15, 0.2) is 0 Å². The maximum atomic E-state index is 14.2. The van der Waals surface area contributed by atoms with Crippen LogP contribution in [-0.4, -0.2) is 16.6 Å². The first-order valence-electron chi connectivity index (χ1n) is 7.40. The van der Waals surface area contributed by atoms with Crippen LogP contribution in [0, 0.1) is 0 Å². The molecule has 1 heterocycles. The van der Waals surface area contributed by atoms with Crippen LogP contribution in [0.3, 0.4) is 0 Å². The summed E-state index contributed by atoms with van der Waals surface area (Å²) >= 11 is 0. The summed E-state index contributed by atoms with van der Waals surface area (Å²) in [6, 6.07) is 0.950. The van der Waals surface area contributed by atoms with Crippen molar-refractivity contribution in [3.05, 3.63) is 49.1 Å². The standard InChI is InChI=1S/C17H19F2N3O2/c1-5-13-10-14(6-7-15(13)24-12(2)3)20-16(23)17(18,19)22-9-8-21(4)11-22/h5-12H,1H2,2-4H3/p+1. The van der Waals surface area contributed by atoms with E-state index in [1.165, 1.54) is 29.0 Å². The zero-order valence-corrected chi connectivity index (χ0v) is 13.8. The molecule has 1 aromatic carbocycles. The van der Waals surface area contributed by atoms with Gasteiger partial charge in [0, 0.05) is 11.3 Å². The lowest BCUT2D eigenvalue weighted by Gasteiger charge is -2.15. The molecule has 0 radical (unpaired) electrons. The van der Waals surface area contributed by atoms with E-state index in [1.807, 2.05) is 13.8 Å². The van der Waals surface area contributed by atoms with Gasteiger partial charge in [-0.25, -0.2) is 4.57 Å². The van der Waals surface area contributed by atoms with E-state index in [4.69, 9.17) is 4.74 Å². The monoisotopic (exact) mass is 336 g/mol. The van der Waals surface area contributed by atoms with Crippen LogP contribution < -0.4 is 14.6 Å². The average Bonchev–Trinajstić information content (AvgIpc) is 2.95. The number of anilines is 1. The Morgan fingerprint density at radius 3 is 2.71 bits per heavy atom. The number of carbonyl (C=O) groups is 1. The highest BCUT2D eigenvalue weighted by atomic mass is 19.3. The summed E-state index contributed by atoms with van der Waals surface area (Å²) in [4.78, 5) is 12.0. The number of ether oxygens (including phenoxy) is 1. The van der Waals surface area contributed by atoms with Crippen molar-refractivity contribution in [2.45, 2.75) is 26.0 Å². The van der Waals surface area contributed by atoms with Crippen LogP contribution in [0.5, 0.6) is 5.75 Å². The van der Waals surface area contributed by atoms with Gasteiger partial charge >= 0.3 is 12.0 Å². The summed E-state index contributed by atoms with van der Waals surface area (Å²) in [5.41, 5.74) is 0.847. The van der Waals surface area contributed by atoms with Crippen LogP contribution >= 0.6 is 0 Å². The fourth-order valence-electron chi connectivity index (χ4n) is 2.09. The van der Waals surface area contributed by atoms with Crippen molar-refractivity contribution < 1.29 is 22.9 Å². The number of alkyl halides is 2. The number of imidazole rings is 1. The third-order valence-electron chi connectivity index (χ3n) is 3.22. The minimum absolute atomic E-state index is 0.0389. The number of carbonyl (C=O) groups excluding carboxylic acids is 1. The highest BCUT2D eigenvalue weighted by Crippen LogP contribution is 2.27. The molecule has 2 aromatic rings. The molecule has 0 fully saturated rings. The Bertz CT molecular complexity index is 754. The summed E-state index contributed by atoms with van der Waals surface area (Å²) in [5, 5.41) is 2.22. The smallest absolute Gasteiger partial charge is 0.480 e. The molecule has 0 aliphatic heterocycles. The molecular formula is C17H20F2N3O2+. The Labute approximate surface area is 139 Å². The molecule has 0 saturated heterocycles. The lowest BCUT2D eigenvalue weighted by molar-refractivity contribution is -0.671. The van der Waals surface area contributed by atoms with E-state index in [1.54, 1.807) is 13.1 Å². The molecule has 7 heteroatoms. The third-order valence-corrected chi connectivity index (χ3v) is 3.22. The molecule has 0 bridgehead atoms. The average molecular weight is 336 g/mol. The topological polar surface area (TPSA) is 47.1 Å². The van der Waals surface area contributed by atoms with E-state index in [2.05, 4.69) is 11.9 Å². The van der Waals surface area contributed by atoms with E-state index in [0.29, 0.717) is 15.9 Å². The highest BCUT2D eigenvalue weighted by molar-refractivity contribution is 5.94. The molecule has 1 amide bonds. The number of amides is 1. The summed E-state index contributed by atoms with van der Waals surface area (Å²) in [5.74, 6) is -0.853. The molecule has 5 nitrogen and oxygen atoms in total. The molecular weight excluding hydrogens is 316 g/mol. The van der Waals surface area contributed by atoms with Crippen molar-refractivity contribution >= 4 is 17.7 Å². The molecule has 128 valence electrons. The van der Waals surface area contributed by atoms with E-state index in [9.17, 15) is 13.6 Å². The van der Waals surface area contributed by atoms with Gasteiger partial charge in [-0.3, -0.25) is 4.79 Å². The number of hydrogen-bond acceptors (Lipinski definition) is 2. The van der Waals surface area contributed by atoms with Gasteiger partial charge in [-0.05, 0) is 32.0 Å². The van der Waals surface area contributed by atoms with Gasteiger partial charge in [-0.15, -0.1) is 0 Å². The van der Waals surface area contributed by atoms with Gasteiger partial charge in [-0.1, -0.05) is 12.7 Å².